The lowest BCUT2D eigenvalue weighted by molar-refractivity contribution is -0.00888. The Kier molecular flexibility index (Phi) is 18.7. The molecule has 0 unspecified atom stereocenters. The summed E-state index contributed by atoms with van der Waals surface area (Å²) in [6.45, 7) is 10.2. The number of hydrogen-bond acceptors (Lipinski definition) is 7. The van der Waals surface area contributed by atoms with Crippen LogP contribution in [0.4, 0.5) is 0 Å². The van der Waals surface area contributed by atoms with E-state index < -0.39 is 0 Å². The molecule has 0 aliphatic carbocycles. The van der Waals surface area contributed by atoms with Crippen molar-refractivity contribution in [3.8, 4) is 11.8 Å². The zero-order chi connectivity index (χ0) is 17.0. The summed E-state index contributed by atoms with van der Waals surface area (Å²) in [6.07, 6.45) is 0. The van der Waals surface area contributed by atoms with Crippen molar-refractivity contribution in [3.05, 3.63) is 0 Å². The fraction of sp³-hybridized carbons (Fsp3) is 0.875. The van der Waals surface area contributed by atoms with Gasteiger partial charge in [0.25, 0.3) is 0 Å². The molecular weight excluding hydrogens is 300 g/mol. The van der Waals surface area contributed by atoms with Crippen molar-refractivity contribution in [2.24, 2.45) is 11.8 Å². The van der Waals surface area contributed by atoms with Crippen LogP contribution in [-0.4, -0.2) is 72.6 Å². The van der Waals surface area contributed by atoms with Crippen LogP contribution in [0.25, 0.3) is 0 Å². The Morgan fingerprint density at radius 1 is 0.739 bits per heavy atom. The Morgan fingerprint density at radius 2 is 1.17 bits per heavy atom. The highest BCUT2D eigenvalue weighted by Crippen LogP contribution is 1.86. The molecule has 0 rings (SSSR count). The van der Waals surface area contributed by atoms with E-state index in [-0.39, 0.29) is 0 Å². The maximum atomic E-state index is 5.37. The molecular formula is C16H32N2O5. The molecule has 0 atom stereocenters. The van der Waals surface area contributed by atoms with Crippen LogP contribution in [-0.2, 0) is 23.7 Å². The third-order valence-corrected chi connectivity index (χ3v) is 2.44. The highest BCUT2D eigenvalue weighted by atomic mass is 16.6. The van der Waals surface area contributed by atoms with Crippen LogP contribution in [0.1, 0.15) is 13.8 Å². The Balaban J connectivity index is 3.02. The third-order valence-electron chi connectivity index (χ3n) is 2.44. The molecule has 0 fully saturated rings. The molecule has 23 heavy (non-hydrogen) atoms. The van der Waals surface area contributed by atoms with Crippen molar-refractivity contribution in [2.45, 2.75) is 13.8 Å². The molecule has 0 aliphatic rings. The van der Waals surface area contributed by atoms with Gasteiger partial charge in [-0.1, -0.05) is 25.7 Å². The Labute approximate surface area is 140 Å². The van der Waals surface area contributed by atoms with Crippen molar-refractivity contribution >= 4 is 0 Å². The van der Waals surface area contributed by atoms with Gasteiger partial charge in [-0.25, -0.2) is 0 Å². The van der Waals surface area contributed by atoms with E-state index in [2.05, 4.69) is 31.1 Å². The quantitative estimate of drug-likeness (QED) is 0.181. The molecule has 0 saturated heterocycles. The van der Waals surface area contributed by atoms with Crippen LogP contribution >= 0.6 is 0 Å². The van der Waals surface area contributed by atoms with Gasteiger partial charge >= 0.3 is 0 Å². The molecule has 136 valence electrons. The zero-order valence-corrected chi connectivity index (χ0v) is 14.5. The summed E-state index contributed by atoms with van der Waals surface area (Å²) in [7, 11) is 0. The van der Waals surface area contributed by atoms with Gasteiger partial charge in [-0.15, -0.1) is 0 Å². The van der Waals surface area contributed by atoms with Gasteiger partial charge in [0.15, 0.2) is 0 Å². The average Bonchev–Trinajstić information content (AvgIpc) is 2.53. The monoisotopic (exact) mass is 332 g/mol. The van der Waals surface area contributed by atoms with E-state index in [9.17, 15) is 0 Å². The van der Waals surface area contributed by atoms with E-state index in [4.69, 9.17) is 29.5 Å². The fourth-order valence-corrected chi connectivity index (χ4v) is 1.38. The van der Waals surface area contributed by atoms with Crippen molar-refractivity contribution in [1.82, 2.24) is 5.43 Å². The molecule has 0 aliphatic heterocycles. The summed E-state index contributed by atoms with van der Waals surface area (Å²) < 4.78 is 26.6. The van der Waals surface area contributed by atoms with Crippen LogP contribution < -0.4 is 11.3 Å². The Hall–Kier alpha value is -0.720. The zero-order valence-electron chi connectivity index (χ0n) is 14.5. The first-order valence-corrected chi connectivity index (χ1v) is 8.08. The number of nitrogens with one attached hydrogen (secondary N) is 1. The Bertz CT molecular complexity index is 292. The second-order valence-electron chi connectivity index (χ2n) is 4.93. The summed E-state index contributed by atoms with van der Waals surface area (Å²) in [4.78, 5) is 0. The van der Waals surface area contributed by atoms with Gasteiger partial charge in [0.05, 0.1) is 59.5 Å². The van der Waals surface area contributed by atoms with Crippen LogP contribution in [0, 0.1) is 17.8 Å². The molecule has 3 N–H and O–H groups in total. The van der Waals surface area contributed by atoms with E-state index >= 15 is 0 Å². The van der Waals surface area contributed by atoms with Crippen LogP contribution in [0.3, 0.4) is 0 Å². The summed E-state index contributed by atoms with van der Waals surface area (Å²) in [6, 6.07) is 0. The lowest BCUT2D eigenvalue weighted by atomic mass is 10.2. The topological polar surface area (TPSA) is 84.2 Å². The smallest absolute Gasteiger partial charge is 0.107 e. The van der Waals surface area contributed by atoms with Gasteiger partial charge in [-0.05, 0) is 0 Å². The van der Waals surface area contributed by atoms with E-state index in [1.54, 1.807) is 0 Å². The lowest BCUT2D eigenvalue weighted by Crippen LogP contribution is -2.26. The third kappa shape index (κ3) is 21.3. The van der Waals surface area contributed by atoms with Gasteiger partial charge in [-0.3, -0.25) is 11.3 Å². The summed E-state index contributed by atoms with van der Waals surface area (Å²) in [5.74, 6) is 11.5. The summed E-state index contributed by atoms with van der Waals surface area (Å²) in [5.41, 5.74) is 2.51. The first-order valence-electron chi connectivity index (χ1n) is 8.08. The standard InChI is InChI=1S/C16H32N2O5/c1-16(2)4-3-6-19-8-10-21-12-14-23-15-13-22-11-9-20-7-5-18-17/h16,18H,5-15,17H2,1-2H3. The summed E-state index contributed by atoms with van der Waals surface area (Å²) >= 11 is 0. The molecule has 0 radical (unpaired) electrons. The molecule has 0 heterocycles. The highest BCUT2D eigenvalue weighted by molar-refractivity contribution is 5.01. The predicted molar refractivity (Wildman–Crippen MR) is 88.9 cm³/mol. The van der Waals surface area contributed by atoms with Crippen molar-refractivity contribution < 1.29 is 23.7 Å². The second kappa shape index (κ2) is 19.3. The molecule has 0 bridgehead atoms. The minimum atomic E-state index is 0.386. The van der Waals surface area contributed by atoms with E-state index in [1.807, 2.05) is 0 Å². The fourth-order valence-electron chi connectivity index (χ4n) is 1.38. The molecule has 0 aromatic heterocycles. The summed E-state index contributed by atoms with van der Waals surface area (Å²) in [5, 5.41) is 0. The first-order chi connectivity index (χ1) is 11.3. The van der Waals surface area contributed by atoms with Crippen molar-refractivity contribution in [2.75, 3.05) is 72.6 Å². The number of nitrogens with two attached hydrogens (primary N) is 1. The molecule has 7 heteroatoms. The Morgan fingerprint density at radius 3 is 1.61 bits per heavy atom. The number of hydrazine groups is 1. The number of rotatable bonds is 16. The minimum Gasteiger partial charge on any atom is -0.378 e. The lowest BCUT2D eigenvalue weighted by Gasteiger charge is -2.07. The highest BCUT2D eigenvalue weighted by Gasteiger charge is 1.93. The normalized spacial score (nSPS) is 10.8. The van der Waals surface area contributed by atoms with E-state index in [1.165, 1.54) is 0 Å². The maximum absolute atomic E-state index is 5.37. The van der Waals surface area contributed by atoms with Gasteiger partial charge in [-0.2, -0.15) is 0 Å². The van der Waals surface area contributed by atoms with Crippen LogP contribution in [0.15, 0.2) is 0 Å². The van der Waals surface area contributed by atoms with Gasteiger partial charge in [0.1, 0.15) is 6.61 Å². The second-order valence-corrected chi connectivity index (χ2v) is 4.93. The molecule has 0 amide bonds. The molecule has 0 aromatic carbocycles. The molecule has 7 nitrogen and oxygen atoms in total. The molecule has 0 aromatic rings. The van der Waals surface area contributed by atoms with E-state index in [0.29, 0.717) is 78.5 Å². The van der Waals surface area contributed by atoms with Gasteiger partial charge in [0.2, 0.25) is 0 Å². The minimum absolute atomic E-state index is 0.386. The van der Waals surface area contributed by atoms with Crippen LogP contribution in [0.2, 0.25) is 0 Å². The average molecular weight is 332 g/mol. The maximum Gasteiger partial charge on any atom is 0.107 e. The van der Waals surface area contributed by atoms with Crippen molar-refractivity contribution in [3.63, 3.8) is 0 Å². The number of ether oxygens (including phenoxy) is 5. The predicted octanol–water partition coefficient (Wildman–Crippen LogP) is 0.192. The van der Waals surface area contributed by atoms with E-state index in [0.717, 1.165) is 0 Å². The first kappa shape index (κ1) is 22.3. The van der Waals surface area contributed by atoms with Crippen LogP contribution in [0.5, 0.6) is 0 Å². The molecule has 0 saturated carbocycles. The largest absolute Gasteiger partial charge is 0.378 e. The van der Waals surface area contributed by atoms with Crippen molar-refractivity contribution in [1.29, 1.82) is 0 Å². The van der Waals surface area contributed by atoms with Gasteiger partial charge in [0, 0.05) is 12.5 Å². The number of hydrogen-bond donors (Lipinski definition) is 2. The van der Waals surface area contributed by atoms with Gasteiger partial charge < -0.3 is 23.7 Å². The molecule has 0 spiro atoms. The SMILES string of the molecule is CC(C)C#CCOCCOCCOCCOCCOCCNN.